The smallest absolute Gasteiger partial charge is 0.240 e. The number of pyridine rings is 1. The second-order valence-corrected chi connectivity index (χ2v) is 8.85. The Morgan fingerprint density at radius 2 is 1.94 bits per heavy atom. The Morgan fingerprint density at radius 3 is 2.61 bits per heavy atom. The summed E-state index contributed by atoms with van der Waals surface area (Å²) in [7, 11) is -2.30. The van der Waals surface area contributed by atoms with E-state index in [4.69, 9.17) is 16.3 Å². The van der Waals surface area contributed by atoms with Gasteiger partial charge in [0.2, 0.25) is 10.0 Å². The molecule has 0 radical (unpaired) electrons. The van der Waals surface area contributed by atoms with Crippen LogP contribution in [0.3, 0.4) is 0 Å². The van der Waals surface area contributed by atoms with Crippen molar-refractivity contribution in [2.45, 2.75) is 24.3 Å². The third-order valence-electron chi connectivity index (χ3n) is 4.61. The molecule has 0 unspecified atom stereocenters. The van der Waals surface area contributed by atoms with Crippen LogP contribution < -0.4 is 9.46 Å². The number of methoxy groups -OCH3 is 1. The van der Waals surface area contributed by atoms with Crippen molar-refractivity contribution in [3.05, 3.63) is 88.5 Å². The molecule has 3 aromatic rings. The number of hydrogen-bond acceptors (Lipinski definition) is 5. The van der Waals surface area contributed by atoms with Crippen LogP contribution in [0.25, 0.3) is 0 Å². The molecule has 6 nitrogen and oxygen atoms in total. The Bertz CT molecular complexity index is 1180. The molecule has 0 spiro atoms. The van der Waals surface area contributed by atoms with Crippen LogP contribution in [0.4, 0.5) is 4.39 Å². The fourth-order valence-electron chi connectivity index (χ4n) is 2.89. The third-order valence-corrected chi connectivity index (χ3v) is 6.29. The number of carbonyl (C=O) groups is 1. The van der Waals surface area contributed by atoms with Crippen LogP contribution in [0.1, 0.15) is 28.0 Å². The summed E-state index contributed by atoms with van der Waals surface area (Å²) in [5, 5.41) is -0.281. The van der Waals surface area contributed by atoms with E-state index in [1.54, 1.807) is 19.2 Å². The fourth-order valence-corrected chi connectivity index (χ4v) is 4.16. The number of ketones is 1. The monoisotopic (exact) mass is 462 g/mol. The zero-order chi connectivity index (χ0) is 22.4. The summed E-state index contributed by atoms with van der Waals surface area (Å²) in [5.41, 5.74) is 1.81. The van der Waals surface area contributed by atoms with E-state index in [-0.39, 0.29) is 22.2 Å². The molecular weight excluding hydrogens is 443 g/mol. The first kappa shape index (κ1) is 22.9. The lowest BCUT2D eigenvalue weighted by atomic mass is 10.0. The number of sulfonamides is 1. The fraction of sp³-hybridized carbons (Fsp3) is 0.182. The maximum absolute atomic E-state index is 13.2. The van der Waals surface area contributed by atoms with Crippen molar-refractivity contribution in [2.24, 2.45) is 0 Å². The van der Waals surface area contributed by atoms with Gasteiger partial charge in [0.1, 0.15) is 11.6 Å². The van der Waals surface area contributed by atoms with Gasteiger partial charge in [-0.05, 0) is 48.4 Å². The Labute approximate surface area is 185 Å². The zero-order valence-electron chi connectivity index (χ0n) is 16.6. The lowest BCUT2D eigenvalue weighted by molar-refractivity contribution is 0.0982. The Kier molecular flexibility index (Phi) is 7.37. The number of carbonyl (C=O) groups excluding carboxylic acids is 1. The summed E-state index contributed by atoms with van der Waals surface area (Å²) in [6.45, 7) is -0.0903. The van der Waals surface area contributed by atoms with E-state index in [9.17, 15) is 17.6 Å². The van der Waals surface area contributed by atoms with Crippen LogP contribution in [0.15, 0.2) is 65.7 Å². The van der Waals surface area contributed by atoms with Crippen LogP contribution in [0.5, 0.6) is 5.75 Å². The second kappa shape index (κ2) is 10.00. The topological polar surface area (TPSA) is 85.4 Å². The first-order valence-electron chi connectivity index (χ1n) is 9.35. The van der Waals surface area contributed by atoms with E-state index in [1.807, 2.05) is 24.3 Å². The minimum absolute atomic E-state index is 0.0773. The summed E-state index contributed by atoms with van der Waals surface area (Å²) in [6.07, 6.45) is 2.24. The van der Waals surface area contributed by atoms with Gasteiger partial charge >= 0.3 is 0 Å². The number of nitrogens with one attached hydrogen (secondary N) is 1. The molecule has 0 saturated heterocycles. The number of halogens is 2. The van der Waals surface area contributed by atoms with Gasteiger partial charge < -0.3 is 4.74 Å². The number of aryl methyl sites for hydroxylation is 1. The summed E-state index contributed by atoms with van der Waals surface area (Å²) >= 11 is 5.65. The maximum atomic E-state index is 13.2. The zero-order valence-corrected chi connectivity index (χ0v) is 18.2. The van der Waals surface area contributed by atoms with Crippen molar-refractivity contribution in [3.63, 3.8) is 0 Å². The number of para-hydroxylation sites is 1. The predicted molar refractivity (Wildman–Crippen MR) is 115 cm³/mol. The number of Topliss-reactive ketones (excluding diaryl/α,β-unsaturated/α-hetero) is 1. The highest BCUT2D eigenvalue weighted by atomic mass is 35.5. The largest absolute Gasteiger partial charge is 0.496 e. The quantitative estimate of drug-likeness (QED) is 0.482. The number of hydrogen-bond donors (Lipinski definition) is 1. The van der Waals surface area contributed by atoms with Gasteiger partial charge in [0.15, 0.2) is 5.78 Å². The Morgan fingerprint density at radius 1 is 1.16 bits per heavy atom. The number of rotatable bonds is 9. The van der Waals surface area contributed by atoms with Gasteiger partial charge in [0, 0.05) is 18.2 Å². The number of aromatic nitrogens is 1. The second-order valence-electron chi connectivity index (χ2n) is 6.67. The minimum atomic E-state index is -3.89. The molecule has 0 atom stereocenters. The first-order valence-corrected chi connectivity index (χ1v) is 11.2. The van der Waals surface area contributed by atoms with Gasteiger partial charge in [-0.1, -0.05) is 29.8 Å². The average molecular weight is 463 g/mol. The molecule has 0 amide bonds. The number of benzene rings is 2. The van der Waals surface area contributed by atoms with Crippen LogP contribution in [-0.4, -0.2) is 26.3 Å². The number of nitrogens with zero attached hydrogens (tertiary/aromatic N) is 1. The molecule has 0 saturated carbocycles. The summed E-state index contributed by atoms with van der Waals surface area (Å²) in [4.78, 5) is 16.5. The molecule has 1 N–H and O–H groups in total. The summed E-state index contributed by atoms with van der Waals surface area (Å²) < 4.78 is 45.6. The first-order chi connectivity index (χ1) is 14.8. The molecule has 0 aliphatic rings. The van der Waals surface area contributed by atoms with Gasteiger partial charge in [-0.25, -0.2) is 17.5 Å². The molecule has 0 aliphatic carbocycles. The summed E-state index contributed by atoms with van der Waals surface area (Å²) in [5.74, 6) is -0.0433. The van der Waals surface area contributed by atoms with E-state index in [0.29, 0.717) is 24.1 Å². The van der Waals surface area contributed by atoms with E-state index in [0.717, 1.165) is 29.5 Å². The van der Waals surface area contributed by atoms with Crippen LogP contribution >= 0.6 is 11.6 Å². The van der Waals surface area contributed by atoms with E-state index >= 15 is 0 Å². The van der Waals surface area contributed by atoms with Gasteiger partial charge in [-0.2, -0.15) is 0 Å². The van der Waals surface area contributed by atoms with Gasteiger partial charge in [0.05, 0.1) is 29.3 Å². The normalized spacial score (nSPS) is 11.3. The van der Waals surface area contributed by atoms with Crippen molar-refractivity contribution >= 4 is 27.4 Å². The highest BCUT2D eigenvalue weighted by Crippen LogP contribution is 2.21. The highest BCUT2D eigenvalue weighted by molar-refractivity contribution is 7.89. The van der Waals surface area contributed by atoms with E-state index < -0.39 is 15.8 Å². The van der Waals surface area contributed by atoms with E-state index in [2.05, 4.69) is 9.71 Å². The van der Waals surface area contributed by atoms with Gasteiger partial charge in [-0.3, -0.25) is 9.78 Å². The third kappa shape index (κ3) is 5.88. The van der Waals surface area contributed by atoms with Crippen molar-refractivity contribution in [2.75, 3.05) is 7.11 Å². The lowest BCUT2D eigenvalue weighted by Gasteiger charge is -2.09. The van der Waals surface area contributed by atoms with Crippen LogP contribution in [0.2, 0.25) is 5.02 Å². The van der Waals surface area contributed by atoms with Crippen molar-refractivity contribution in [1.82, 2.24) is 9.71 Å². The molecular formula is C22H20ClFN2O4S. The molecule has 0 aliphatic heterocycles. The van der Waals surface area contributed by atoms with Gasteiger partial charge in [-0.15, -0.1) is 0 Å². The number of ether oxygens (including phenoxy) is 1. The predicted octanol–water partition coefficient (Wildman–Crippen LogP) is 4.18. The molecule has 162 valence electrons. The molecule has 9 heteroatoms. The lowest BCUT2D eigenvalue weighted by Crippen LogP contribution is -2.23. The van der Waals surface area contributed by atoms with Crippen molar-refractivity contribution < 1.29 is 22.3 Å². The van der Waals surface area contributed by atoms with Crippen molar-refractivity contribution in [3.8, 4) is 5.75 Å². The summed E-state index contributed by atoms with van der Waals surface area (Å²) in [6, 6.07) is 13.8. The molecule has 0 bridgehead atoms. The van der Waals surface area contributed by atoms with Gasteiger partial charge in [0.25, 0.3) is 0 Å². The molecule has 31 heavy (non-hydrogen) atoms. The SMILES string of the molecule is COc1ccccc1CCC(=O)c1ccc(CNS(=O)(=O)c2ccc(F)c(Cl)c2)nc1. The molecule has 3 rings (SSSR count). The maximum Gasteiger partial charge on any atom is 0.240 e. The van der Waals surface area contributed by atoms with Crippen molar-refractivity contribution in [1.29, 1.82) is 0 Å². The molecule has 0 fully saturated rings. The van der Waals surface area contributed by atoms with Crippen LogP contribution in [0, 0.1) is 5.82 Å². The highest BCUT2D eigenvalue weighted by Gasteiger charge is 2.16. The van der Waals surface area contributed by atoms with Crippen LogP contribution in [-0.2, 0) is 23.0 Å². The Balaban J connectivity index is 1.59. The van der Waals surface area contributed by atoms with E-state index in [1.165, 1.54) is 6.20 Å². The minimum Gasteiger partial charge on any atom is -0.496 e. The average Bonchev–Trinajstić information content (AvgIpc) is 2.78. The standard InChI is InChI=1S/C22H20ClFN2O4S/c1-30-22-5-3-2-4-15(22)7-11-21(27)16-6-8-17(25-13-16)14-26-31(28,29)18-9-10-20(24)19(23)12-18/h2-6,8-10,12-13,26H,7,11,14H2,1H3. The molecule has 1 heterocycles. The molecule has 2 aromatic carbocycles. The molecule has 1 aromatic heterocycles. The Hall–Kier alpha value is -2.81.